The molecule has 0 bridgehead atoms. The lowest BCUT2D eigenvalue weighted by Crippen LogP contribution is -2.15. The van der Waals surface area contributed by atoms with Crippen molar-refractivity contribution in [1.82, 2.24) is 0 Å². The lowest BCUT2D eigenvalue weighted by atomic mass is 10.1. The van der Waals surface area contributed by atoms with Crippen molar-refractivity contribution in [3.05, 3.63) is 57.0 Å². The zero-order valence-corrected chi connectivity index (χ0v) is 14.4. The minimum Gasteiger partial charge on any atom is -0.326 e. The Morgan fingerprint density at radius 3 is 2.57 bits per heavy atom. The normalized spacial score (nSPS) is 11.4. The molecular formula is C14H14BrClN2O2S. The zero-order valence-electron chi connectivity index (χ0n) is 11.2. The van der Waals surface area contributed by atoms with Crippen LogP contribution in [0, 0.1) is 6.92 Å². The summed E-state index contributed by atoms with van der Waals surface area (Å²) in [6.45, 7) is 2.03. The maximum absolute atomic E-state index is 12.5. The fraction of sp³-hybridized carbons (Fsp3) is 0.143. The summed E-state index contributed by atoms with van der Waals surface area (Å²) >= 11 is 9.16. The van der Waals surface area contributed by atoms with Gasteiger partial charge in [0.15, 0.2) is 0 Å². The highest BCUT2D eigenvalue weighted by atomic mass is 79.9. The summed E-state index contributed by atoms with van der Waals surface area (Å²) in [7, 11) is -3.68. The molecule has 2 rings (SSSR count). The smallest absolute Gasteiger partial charge is 0.262 e. The van der Waals surface area contributed by atoms with Gasteiger partial charge in [-0.1, -0.05) is 23.7 Å². The van der Waals surface area contributed by atoms with Gasteiger partial charge in [-0.3, -0.25) is 4.72 Å². The molecule has 0 aromatic heterocycles. The molecule has 7 heteroatoms. The van der Waals surface area contributed by atoms with Crippen LogP contribution >= 0.6 is 27.5 Å². The highest BCUT2D eigenvalue weighted by molar-refractivity contribution is 9.10. The zero-order chi connectivity index (χ0) is 15.6. The van der Waals surface area contributed by atoms with Crippen LogP contribution < -0.4 is 10.5 Å². The lowest BCUT2D eigenvalue weighted by molar-refractivity contribution is 0.600. The van der Waals surface area contributed by atoms with Crippen LogP contribution in [0.4, 0.5) is 5.69 Å². The Kier molecular flexibility index (Phi) is 4.93. The topological polar surface area (TPSA) is 72.2 Å². The molecule has 2 aromatic carbocycles. The number of sulfonamides is 1. The van der Waals surface area contributed by atoms with Crippen LogP contribution in [-0.2, 0) is 16.6 Å². The van der Waals surface area contributed by atoms with E-state index in [0.717, 1.165) is 5.56 Å². The maximum Gasteiger partial charge on any atom is 0.262 e. The molecule has 0 spiro atoms. The third-order valence-electron chi connectivity index (χ3n) is 2.95. The summed E-state index contributed by atoms with van der Waals surface area (Å²) in [5, 5.41) is 0.513. The summed E-state index contributed by atoms with van der Waals surface area (Å²) in [5.74, 6) is 0. The Labute approximate surface area is 137 Å². The molecule has 0 saturated heterocycles. The molecule has 0 atom stereocenters. The van der Waals surface area contributed by atoms with Crippen molar-refractivity contribution in [2.45, 2.75) is 18.4 Å². The number of nitrogens with one attached hydrogen (secondary N) is 1. The number of rotatable bonds is 4. The van der Waals surface area contributed by atoms with Crippen LogP contribution in [0.2, 0.25) is 5.02 Å². The van der Waals surface area contributed by atoms with Crippen molar-refractivity contribution in [2.24, 2.45) is 5.73 Å². The van der Waals surface area contributed by atoms with Crippen LogP contribution in [0.1, 0.15) is 11.1 Å². The molecule has 4 nitrogen and oxygen atoms in total. The fourth-order valence-electron chi connectivity index (χ4n) is 1.83. The van der Waals surface area contributed by atoms with Crippen molar-refractivity contribution in [1.29, 1.82) is 0 Å². The van der Waals surface area contributed by atoms with Crippen molar-refractivity contribution in [2.75, 3.05) is 4.72 Å². The predicted octanol–water partition coefficient (Wildman–Crippen LogP) is 3.67. The van der Waals surface area contributed by atoms with Crippen molar-refractivity contribution >= 4 is 43.2 Å². The first-order valence-corrected chi connectivity index (χ1v) is 8.76. The second-order valence-corrected chi connectivity index (χ2v) is 7.45. The second kappa shape index (κ2) is 6.36. The van der Waals surface area contributed by atoms with Gasteiger partial charge in [0.2, 0.25) is 0 Å². The van der Waals surface area contributed by atoms with Crippen LogP contribution in [0.25, 0.3) is 0 Å². The van der Waals surface area contributed by atoms with Crippen LogP contribution in [0.5, 0.6) is 0 Å². The number of nitrogens with two attached hydrogens (primary N) is 1. The number of halogens is 2. The van der Waals surface area contributed by atoms with Gasteiger partial charge >= 0.3 is 0 Å². The number of hydrogen-bond donors (Lipinski definition) is 2. The number of hydrogen-bond acceptors (Lipinski definition) is 3. The average molecular weight is 390 g/mol. The fourth-order valence-corrected chi connectivity index (χ4v) is 3.67. The van der Waals surface area contributed by atoms with Gasteiger partial charge in [-0.25, -0.2) is 8.42 Å². The molecule has 0 radical (unpaired) electrons. The van der Waals surface area contributed by atoms with Crippen molar-refractivity contribution < 1.29 is 8.42 Å². The van der Waals surface area contributed by atoms with E-state index in [-0.39, 0.29) is 11.4 Å². The average Bonchev–Trinajstić information content (AvgIpc) is 2.43. The highest BCUT2D eigenvalue weighted by Crippen LogP contribution is 2.27. The number of anilines is 1. The Balaban J connectivity index is 2.40. The minimum absolute atomic E-state index is 0.219. The molecule has 2 aromatic rings. The molecule has 0 unspecified atom stereocenters. The van der Waals surface area contributed by atoms with E-state index in [1.807, 2.05) is 6.07 Å². The molecule has 0 aliphatic carbocycles. The Morgan fingerprint density at radius 1 is 1.24 bits per heavy atom. The first kappa shape index (κ1) is 16.3. The first-order valence-electron chi connectivity index (χ1n) is 6.11. The minimum atomic E-state index is -3.68. The molecule has 21 heavy (non-hydrogen) atoms. The van der Waals surface area contributed by atoms with Gasteiger partial charge in [0.1, 0.15) is 0 Å². The van der Waals surface area contributed by atoms with Gasteiger partial charge in [-0.15, -0.1) is 0 Å². The van der Waals surface area contributed by atoms with Crippen molar-refractivity contribution in [3.8, 4) is 0 Å². The summed E-state index contributed by atoms with van der Waals surface area (Å²) in [4.78, 5) is 0.219. The Morgan fingerprint density at radius 2 is 1.95 bits per heavy atom. The van der Waals surface area contributed by atoms with E-state index < -0.39 is 10.0 Å². The van der Waals surface area contributed by atoms with E-state index >= 15 is 0 Å². The third-order valence-corrected chi connectivity index (χ3v) is 5.69. The molecule has 0 fully saturated rings. The van der Waals surface area contributed by atoms with Gasteiger partial charge < -0.3 is 5.73 Å². The SMILES string of the molecule is Cc1ccc(CN)cc1S(=O)(=O)Nc1ccc(Cl)c(Br)c1. The lowest BCUT2D eigenvalue weighted by Gasteiger charge is -2.12. The largest absolute Gasteiger partial charge is 0.326 e. The molecule has 0 aliphatic rings. The third kappa shape index (κ3) is 3.77. The van der Waals surface area contributed by atoms with Crippen LogP contribution in [0.3, 0.4) is 0 Å². The molecule has 0 saturated carbocycles. The highest BCUT2D eigenvalue weighted by Gasteiger charge is 2.17. The van der Waals surface area contributed by atoms with E-state index in [9.17, 15) is 8.42 Å². The van der Waals surface area contributed by atoms with Gasteiger partial charge in [-0.2, -0.15) is 0 Å². The predicted molar refractivity (Wildman–Crippen MR) is 89.0 cm³/mol. The van der Waals surface area contributed by atoms with Gasteiger partial charge in [0.05, 0.1) is 15.6 Å². The quantitative estimate of drug-likeness (QED) is 0.838. The molecule has 0 aliphatic heterocycles. The van der Waals surface area contributed by atoms with E-state index in [0.29, 0.717) is 20.7 Å². The number of aryl methyl sites for hydroxylation is 1. The first-order chi connectivity index (χ1) is 9.83. The molecule has 0 heterocycles. The molecule has 0 amide bonds. The summed E-state index contributed by atoms with van der Waals surface area (Å²) < 4.78 is 28.1. The Bertz CT molecular complexity index is 779. The molecule has 112 valence electrons. The summed E-state index contributed by atoms with van der Waals surface area (Å²) in [6.07, 6.45) is 0. The van der Waals surface area contributed by atoms with E-state index in [1.54, 1.807) is 37.3 Å². The standard InChI is InChI=1S/C14H14BrClN2O2S/c1-9-2-3-10(8-17)6-14(9)21(19,20)18-11-4-5-13(16)12(15)7-11/h2-7,18H,8,17H2,1H3. The van der Waals surface area contributed by atoms with E-state index in [2.05, 4.69) is 20.7 Å². The Hall–Kier alpha value is -1.08. The van der Waals surface area contributed by atoms with E-state index in [4.69, 9.17) is 17.3 Å². The maximum atomic E-state index is 12.5. The number of benzene rings is 2. The van der Waals surface area contributed by atoms with E-state index in [1.165, 1.54) is 0 Å². The summed E-state index contributed by atoms with van der Waals surface area (Å²) in [5.41, 5.74) is 7.42. The van der Waals surface area contributed by atoms with Crippen molar-refractivity contribution in [3.63, 3.8) is 0 Å². The monoisotopic (exact) mass is 388 g/mol. The van der Waals surface area contributed by atoms with Crippen LogP contribution in [0.15, 0.2) is 45.8 Å². The second-order valence-electron chi connectivity index (χ2n) is 4.54. The van der Waals surface area contributed by atoms with Gasteiger partial charge in [-0.05, 0) is 58.2 Å². The van der Waals surface area contributed by atoms with Gasteiger partial charge in [0, 0.05) is 11.0 Å². The molecule has 3 N–H and O–H groups in total. The van der Waals surface area contributed by atoms with Crippen LogP contribution in [-0.4, -0.2) is 8.42 Å². The van der Waals surface area contributed by atoms with Gasteiger partial charge in [0.25, 0.3) is 10.0 Å². The summed E-state index contributed by atoms with van der Waals surface area (Å²) in [6, 6.07) is 9.98. The molecular weight excluding hydrogens is 376 g/mol.